The van der Waals surface area contributed by atoms with Gasteiger partial charge in [-0.1, -0.05) is 20.8 Å². The van der Waals surface area contributed by atoms with Crippen LogP contribution in [0.4, 0.5) is 14.9 Å². The summed E-state index contributed by atoms with van der Waals surface area (Å²) in [5, 5.41) is 14.0. The van der Waals surface area contributed by atoms with Crippen molar-refractivity contribution in [3.8, 4) is 0 Å². The molecule has 0 aliphatic heterocycles. The molecule has 1 aromatic rings. The Kier molecular flexibility index (Phi) is 5.10. The van der Waals surface area contributed by atoms with Crippen molar-refractivity contribution in [1.29, 1.82) is 0 Å². The first-order chi connectivity index (χ1) is 9.11. The summed E-state index contributed by atoms with van der Waals surface area (Å²) in [5.41, 5.74) is -0.287. The second-order valence-electron chi connectivity index (χ2n) is 5.36. The maximum Gasteiger partial charge on any atom is 0.326 e. The number of halogens is 2. The largest absolute Gasteiger partial charge is 0.480 e. The highest BCUT2D eigenvalue weighted by molar-refractivity contribution is 9.10. The Labute approximate surface area is 124 Å². The maximum atomic E-state index is 12.9. The number of urea groups is 1. The van der Waals surface area contributed by atoms with Gasteiger partial charge < -0.3 is 15.7 Å². The first-order valence-corrected chi connectivity index (χ1v) is 6.66. The normalized spacial score (nSPS) is 12.7. The zero-order valence-corrected chi connectivity index (χ0v) is 12.9. The van der Waals surface area contributed by atoms with E-state index in [0.717, 1.165) is 0 Å². The highest BCUT2D eigenvalue weighted by atomic mass is 79.9. The summed E-state index contributed by atoms with van der Waals surface area (Å²) < 4.78 is 13.3. The fourth-order valence-corrected chi connectivity index (χ4v) is 1.98. The van der Waals surface area contributed by atoms with Gasteiger partial charge in [-0.3, -0.25) is 0 Å². The van der Waals surface area contributed by atoms with Crippen molar-refractivity contribution in [2.24, 2.45) is 5.41 Å². The van der Waals surface area contributed by atoms with Crippen molar-refractivity contribution < 1.29 is 19.1 Å². The van der Waals surface area contributed by atoms with Crippen molar-refractivity contribution in [1.82, 2.24) is 5.32 Å². The molecule has 0 aliphatic carbocycles. The molecule has 110 valence electrons. The molecule has 0 aromatic heterocycles. The van der Waals surface area contributed by atoms with Gasteiger partial charge >= 0.3 is 12.0 Å². The minimum absolute atomic E-state index is 0.349. The lowest BCUT2D eigenvalue weighted by molar-refractivity contribution is -0.141. The fourth-order valence-electron chi connectivity index (χ4n) is 1.53. The number of amides is 2. The Morgan fingerprint density at radius 2 is 1.95 bits per heavy atom. The zero-order valence-electron chi connectivity index (χ0n) is 11.3. The van der Waals surface area contributed by atoms with Gasteiger partial charge in [-0.2, -0.15) is 0 Å². The van der Waals surface area contributed by atoms with E-state index in [2.05, 4.69) is 26.6 Å². The number of carboxylic acid groups (broad SMARTS) is 1. The molecule has 1 aromatic carbocycles. The predicted molar refractivity (Wildman–Crippen MR) is 77.1 cm³/mol. The Balaban J connectivity index is 2.79. The Morgan fingerprint density at radius 1 is 1.35 bits per heavy atom. The third-order valence-electron chi connectivity index (χ3n) is 2.57. The molecule has 1 atom stereocenters. The van der Waals surface area contributed by atoms with E-state index in [1.54, 1.807) is 20.8 Å². The molecular formula is C13H16BrFN2O3. The highest BCUT2D eigenvalue weighted by Crippen LogP contribution is 2.23. The number of benzene rings is 1. The van der Waals surface area contributed by atoms with Crippen molar-refractivity contribution in [2.75, 3.05) is 5.32 Å². The number of carboxylic acids is 1. The minimum Gasteiger partial charge on any atom is -0.480 e. The van der Waals surface area contributed by atoms with Crippen LogP contribution in [0.15, 0.2) is 22.7 Å². The van der Waals surface area contributed by atoms with Crippen molar-refractivity contribution in [2.45, 2.75) is 26.8 Å². The molecule has 1 unspecified atom stereocenters. The quantitative estimate of drug-likeness (QED) is 0.786. The Hall–Kier alpha value is -1.63. The number of hydrogen-bond acceptors (Lipinski definition) is 2. The summed E-state index contributed by atoms with van der Waals surface area (Å²) in [4.78, 5) is 23.0. The lowest BCUT2D eigenvalue weighted by atomic mass is 9.87. The number of rotatable bonds is 3. The van der Waals surface area contributed by atoms with E-state index in [1.807, 2.05) is 0 Å². The minimum atomic E-state index is -1.12. The number of aliphatic carboxylic acids is 1. The highest BCUT2D eigenvalue weighted by Gasteiger charge is 2.32. The molecule has 0 saturated carbocycles. The van der Waals surface area contributed by atoms with Crippen molar-refractivity contribution >= 4 is 33.6 Å². The summed E-state index contributed by atoms with van der Waals surface area (Å²) in [5.74, 6) is -1.56. The molecule has 0 bridgehead atoms. The summed E-state index contributed by atoms with van der Waals surface area (Å²) in [6.45, 7) is 5.12. The molecule has 0 radical (unpaired) electrons. The first-order valence-electron chi connectivity index (χ1n) is 5.86. The van der Waals surface area contributed by atoms with Crippen LogP contribution in [0.25, 0.3) is 0 Å². The van der Waals surface area contributed by atoms with Gasteiger partial charge in [0.2, 0.25) is 0 Å². The SMILES string of the molecule is CC(C)(C)C(NC(=O)Nc1ccc(F)cc1Br)C(=O)O. The average molecular weight is 347 g/mol. The van der Waals surface area contributed by atoms with Crippen molar-refractivity contribution in [3.63, 3.8) is 0 Å². The summed E-state index contributed by atoms with van der Waals surface area (Å²) in [6, 6.07) is 2.07. The lowest BCUT2D eigenvalue weighted by Gasteiger charge is -2.27. The van der Waals surface area contributed by atoms with Crippen LogP contribution in [-0.2, 0) is 4.79 Å². The summed E-state index contributed by atoms with van der Waals surface area (Å²) in [7, 11) is 0. The number of hydrogen-bond donors (Lipinski definition) is 3. The molecule has 1 rings (SSSR count). The van der Waals surface area contributed by atoms with Crippen LogP contribution in [0.3, 0.4) is 0 Å². The van der Waals surface area contributed by atoms with Crippen molar-refractivity contribution in [3.05, 3.63) is 28.5 Å². The molecule has 0 heterocycles. The molecule has 0 saturated heterocycles. The van der Waals surface area contributed by atoms with Gasteiger partial charge in [0.1, 0.15) is 11.9 Å². The van der Waals surface area contributed by atoms with Gasteiger partial charge in [0.25, 0.3) is 0 Å². The van der Waals surface area contributed by atoms with E-state index >= 15 is 0 Å². The van der Waals surface area contributed by atoms with Gasteiger partial charge in [0.05, 0.1) is 5.69 Å². The zero-order chi connectivity index (χ0) is 15.5. The monoisotopic (exact) mass is 346 g/mol. The Morgan fingerprint density at radius 3 is 2.40 bits per heavy atom. The number of carbonyl (C=O) groups is 2. The second kappa shape index (κ2) is 6.21. The molecule has 0 spiro atoms. The topological polar surface area (TPSA) is 78.4 Å². The van der Waals surface area contributed by atoms with Gasteiger partial charge in [0, 0.05) is 4.47 Å². The number of anilines is 1. The van der Waals surface area contributed by atoms with E-state index in [4.69, 9.17) is 5.11 Å². The lowest BCUT2D eigenvalue weighted by Crippen LogP contribution is -2.50. The Bertz CT molecular complexity index is 529. The molecule has 5 nitrogen and oxygen atoms in total. The molecule has 0 aliphatic rings. The fraction of sp³-hybridized carbons (Fsp3) is 0.385. The van der Waals surface area contributed by atoms with Gasteiger partial charge in [-0.15, -0.1) is 0 Å². The third kappa shape index (κ3) is 4.48. The van der Waals surface area contributed by atoms with Crippen LogP contribution < -0.4 is 10.6 Å². The van der Waals surface area contributed by atoms with E-state index in [0.29, 0.717) is 10.2 Å². The van der Waals surface area contributed by atoms with Gasteiger partial charge in [0.15, 0.2) is 0 Å². The predicted octanol–water partition coefficient (Wildman–Crippen LogP) is 3.21. The van der Waals surface area contributed by atoms with E-state index in [9.17, 15) is 14.0 Å². The molecule has 0 fully saturated rings. The molecular weight excluding hydrogens is 331 g/mol. The number of nitrogens with one attached hydrogen (secondary N) is 2. The third-order valence-corrected chi connectivity index (χ3v) is 3.22. The standard InChI is InChI=1S/C13H16BrFN2O3/c1-13(2,3)10(11(18)19)17-12(20)16-9-5-4-7(15)6-8(9)14/h4-6,10H,1-3H3,(H,18,19)(H2,16,17,20). The van der Waals surface area contributed by atoms with Crippen LogP contribution in [0.5, 0.6) is 0 Å². The maximum absolute atomic E-state index is 12.9. The van der Waals surface area contributed by atoms with Crippen LogP contribution in [0.1, 0.15) is 20.8 Å². The van der Waals surface area contributed by atoms with Crippen LogP contribution in [0.2, 0.25) is 0 Å². The van der Waals surface area contributed by atoms with Crippen LogP contribution in [-0.4, -0.2) is 23.1 Å². The summed E-state index contributed by atoms with van der Waals surface area (Å²) in [6.07, 6.45) is 0. The van der Waals surface area contributed by atoms with E-state index < -0.39 is 29.3 Å². The van der Waals surface area contributed by atoms with E-state index in [1.165, 1.54) is 18.2 Å². The van der Waals surface area contributed by atoms with Crippen LogP contribution in [0, 0.1) is 11.2 Å². The smallest absolute Gasteiger partial charge is 0.326 e. The van der Waals surface area contributed by atoms with Gasteiger partial charge in [-0.25, -0.2) is 14.0 Å². The van der Waals surface area contributed by atoms with Crippen LogP contribution >= 0.6 is 15.9 Å². The van der Waals surface area contributed by atoms with Gasteiger partial charge in [-0.05, 0) is 39.5 Å². The average Bonchev–Trinajstić information content (AvgIpc) is 2.28. The van der Waals surface area contributed by atoms with E-state index in [-0.39, 0.29) is 0 Å². The molecule has 7 heteroatoms. The second-order valence-corrected chi connectivity index (χ2v) is 6.21. The number of carbonyl (C=O) groups excluding carboxylic acids is 1. The summed E-state index contributed by atoms with van der Waals surface area (Å²) >= 11 is 3.11. The molecule has 3 N–H and O–H groups in total. The molecule has 20 heavy (non-hydrogen) atoms. The molecule has 2 amide bonds. The first kappa shape index (κ1) is 16.4.